The fourth-order valence-electron chi connectivity index (χ4n) is 2.59. The highest BCUT2D eigenvalue weighted by Gasteiger charge is 2.23. The Balaban J connectivity index is 1.97. The van der Waals surface area contributed by atoms with Gasteiger partial charge in [-0.15, -0.1) is 0 Å². The third-order valence-corrected chi connectivity index (χ3v) is 3.78. The van der Waals surface area contributed by atoms with Crippen LogP contribution in [-0.2, 0) is 0 Å². The molecule has 0 bridgehead atoms. The molecule has 1 aromatic heterocycles. The third-order valence-electron chi connectivity index (χ3n) is 3.78. The van der Waals surface area contributed by atoms with Crippen molar-refractivity contribution >= 4 is 11.9 Å². The molecule has 2 unspecified atom stereocenters. The van der Waals surface area contributed by atoms with Crippen molar-refractivity contribution in [2.24, 2.45) is 17.7 Å². The number of amides is 1. The van der Waals surface area contributed by atoms with Crippen LogP contribution in [0.2, 0.25) is 0 Å². The Morgan fingerprint density at radius 2 is 2.26 bits per heavy atom. The van der Waals surface area contributed by atoms with Gasteiger partial charge in [0.15, 0.2) is 0 Å². The van der Waals surface area contributed by atoms with E-state index in [-0.39, 0.29) is 11.9 Å². The summed E-state index contributed by atoms with van der Waals surface area (Å²) in [5.74, 6) is 6.64. The number of nitrogens with zero attached hydrogens (tertiary/aromatic N) is 2. The lowest BCUT2D eigenvalue weighted by atomic mass is 9.98. The molecule has 0 aliphatic heterocycles. The molecule has 1 fully saturated rings. The summed E-state index contributed by atoms with van der Waals surface area (Å²) in [7, 11) is 0. The number of hydrogen-bond acceptors (Lipinski definition) is 5. The number of carbonyl (C=O) groups excluding carboxylic acids is 1. The normalized spacial score (nSPS) is 22.3. The molecule has 0 aromatic carbocycles. The van der Waals surface area contributed by atoms with Crippen LogP contribution in [0.5, 0.6) is 0 Å². The predicted octanol–water partition coefficient (Wildman–Crippen LogP) is 1.24. The zero-order valence-electron chi connectivity index (χ0n) is 11.4. The van der Waals surface area contributed by atoms with Crippen LogP contribution in [0, 0.1) is 18.8 Å². The minimum absolute atomic E-state index is 0.166. The molecule has 1 saturated carbocycles. The van der Waals surface area contributed by atoms with E-state index in [9.17, 15) is 4.79 Å². The van der Waals surface area contributed by atoms with Crippen molar-refractivity contribution in [1.82, 2.24) is 15.3 Å². The van der Waals surface area contributed by atoms with Gasteiger partial charge in [-0.25, -0.2) is 15.8 Å². The van der Waals surface area contributed by atoms with Crippen molar-refractivity contribution < 1.29 is 4.79 Å². The summed E-state index contributed by atoms with van der Waals surface area (Å²) >= 11 is 0. The standard InChI is InChI=1S/C13H21N5O/c1-8-4-3-5-10(8)7-15-12(19)11-6-9(2)16-13(17-11)18-14/h6,8,10H,3-5,7,14H2,1-2H3,(H,15,19)(H,16,17,18). The van der Waals surface area contributed by atoms with Gasteiger partial charge in [-0.05, 0) is 31.2 Å². The summed E-state index contributed by atoms with van der Waals surface area (Å²) in [6.07, 6.45) is 3.71. The maximum Gasteiger partial charge on any atom is 0.270 e. The van der Waals surface area contributed by atoms with E-state index in [1.165, 1.54) is 19.3 Å². The highest BCUT2D eigenvalue weighted by atomic mass is 16.1. The van der Waals surface area contributed by atoms with E-state index in [1.807, 2.05) is 0 Å². The quantitative estimate of drug-likeness (QED) is 0.561. The number of aromatic nitrogens is 2. The van der Waals surface area contributed by atoms with Gasteiger partial charge < -0.3 is 5.32 Å². The fourth-order valence-corrected chi connectivity index (χ4v) is 2.59. The van der Waals surface area contributed by atoms with Gasteiger partial charge in [-0.1, -0.05) is 19.8 Å². The van der Waals surface area contributed by atoms with E-state index < -0.39 is 0 Å². The van der Waals surface area contributed by atoms with Crippen LogP contribution >= 0.6 is 0 Å². The maximum absolute atomic E-state index is 12.1. The van der Waals surface area contributed by atoms with Crippen molar-refractivity contribution in [1.29, 1.82) is 0 Å². The summed E-state index contributed by atoms with van der Waals surface area (Å²) in [6.45, 7) is 4.77. The zero-order valence-corrected chi connectivity index (χ0v) is 11.4. The monoisotopic (exact) mass is 263 g/mol. The van der Waals surface area contributed by atoms with Gasteiger partial charge in [0.1, 0.15) is 5.69 Å². The molecule has 4 N–H and O–H groups in total. The number of hydrogen-bond donors (Lipinski definition) is 3. The van der Waals surface area contributed by atoms with Crippen LogP contribution in [0.15, 0.2) is 6.07 Å². The predicted molar refractivity (Wildman–Crippen MR) is 73.4 cm³/mol. The Hall–Kier alpha value is -1.69. The highest BCUT2D eigenvalue weighted by Crippen LogP contribution is 2.30. The van der Waals surface area contributed by atoms with E-state index in [0.29, 0.717) is 29.8 Å². The van der Waals surface area contributed by atoms with E-state index in [1.54, 1.807) is 13.0 Å². The third kappa shape index (κ3) is 3.41. The van der Waals surface area contributed by atoms with Crippen LogP contribution in [0.25, 0.3) is 0 Å². The van der Waals surface area contributed by atoms with Crippen molar-refractivity contribution in [3.8, 4) is 0 Å². The zero-order chi connectivity index (χ0) is 13.8. The molecule has 1 heterocycles. The second kappa shape index (κ2) is 5.97. The maximum atomic E-state index is 12.1. The number of aryl methyl sites for hydroxylation is 1. The number of nitrogens with two attached hydrogens (primary N) is 1. The van der Waals surface area contributed by atoms with Crippen molar-refractivity contribution in [3.05, 3.63) is 17.5 Å². The van der Waals surface area contributed by atoms with E-state index in [4.69, 9.17) is 5.84 Å². The molecular formula is C13H21N5O. The Labute approximate surface area is 113 Å². The molecule has 0 spiro atoms. The van der Waals surface area contributed by atoms with E-state index in [2.05, 4.69) is 27.6 Å². The first-order valence-electron chi connectivity index (χ1n) is 6.70. The van der Waals surface area contributed by atoms with Gasteiger partial charge >= 0.3 is 0 Å². The van der Waals surface area contributed by atoms with E-state index in [0.717, 1.165) is 0 Å². The smallest absolute Gasteiger partial charge is 0.270 e. The van der Waals surface area contributed by atoms with Gasteiger partial charge in [0.2, 0.25) is 5.95 Å². The molecule has 1 aliphatic rings. The molecule has 1 amide bonds. The van der Waals surface area contributed by atoms with Crippen LogP contribution < -0.4 is 16.6 Å². The lowest BCUT2D eigenvalue weighted by molar-refractivity contribution is 0.0939. The van der Waals surface area contributed by atoms with Crippen LogP contribution in [0.3, 0.4) is 0 Å². The van der Waals surface area contributed by atoms with Crippen LogP contribution in [0.1, 0.15) is 42.4 Å². The van der Waals surface area contributed by atoms with Gasteiger partial charge in [0.05, 0.1) is 0 Å². The number of nitrogen functional groups attached to an aromatic ring is 1. The molecule has 6 nitrogen and oxygen atoms in total. The fraction of sp³-hybridized carbons (Fsp3) is 0.615. The highest BCUT2D eigenvalue weighted by molar-refractivity contribution is 5.92. The Bertz CT molecular complexity index is 462. The Morgan fingerprint density at radius 1 is 1.47 bits per heavy atom. The number of hydrazine groups is 1. The van der Waals surface area contributed by atoms with Gasteiger partial charge in [0, 0.05) is 12.2 Å². The SMILES string of the molecule is Cc1cc(C(=O)NCC2CCCC2C)nc(NN)n1. The average Bonchev–Trinajstić information content (AvgIpc) is 2.80. The molecule has 19 heavy (non-hydrogen) atoms. The number of rotatable bonds is 4. The molecule has 1 aromatic rings. The molecule has 6 heteroatoms. The summed E-state index contributed by atoms with van der Waals surface area (Å²) in [4.78, 5) is 20.2. The van der Waals surface area contributed by atoms with Gasteiger partial charge in [-0.3, -0.25) is 10.2 Å². The second-order valence-corrected chi connectivity index (χ2v) is 5.24. The summed E-state index contributed by atoms with van der Waals surface area (Å²) in [5, 5.41) is 2.95. The minimum atomic E-state index is -0.166. The van der Waals surface area contributed by atoms with Crippen LogP contribution in [-0.4, -0.2) is 22.4 Å². The van der Waals surface area contributed by atoms with Gasteiger partial charge in [-0.2, -0.15) is 0 Å². The Kier molecular flexibility index (Phi) is 4.31. The lowest BCUT2D eigenvalue weighted by Crippen LogP contribution is -2.31. The molecule has 0 saturated heterocycles. The Morgan fingerprint density at radius 3 is 2.89 bits per heavy atom. The van der Waals surface area contributed by atoms with Crippen molar-refractivity contribution in [2.45, 2.75) is 33.1 Å². The first-order chi connectivity index (χ1) is 9.10. The van der Waals surface area contributed by atoms with Crippen molar-refractivity contribution in [2.75, 3.05) is 12.0 Å². The summed E-state index contributed by atoms with van der Waals surface area (Å²) in [5.41, 5.74) is 3.43. The van der Waals surface area contributed by atoms with E-state index >= 15 is 0 Å². The van der Waals surface area contributed by atoms with Crippen molar-refractivity contribution in [3.63, 3.8) is 0 Å². The lowest BCUT2D eigenvalue weighted by Gasteiger charge is -2.15. The minimum Gasteiger partial charge on any atom is -0.350 e. The summed E-state index contributed by atoms with van der Waals surface area (Å²) < 4.78 is 0. The molecule has 0 radical (unpaired) electrons. The average molecular weight is 263 g/mol. The topological polar surface area (TPSA) is 92.9 Å². The molecular weight excluding hydrogens is 242 g/mol. The summed E-state index contributed by atoms with van der Waals surface area (Å²) in [6, 6.07) is 1.66. The van der Waals surface area contributed by atoms with Crippen LogP contribution in [0.4, 0.5) is 5.95 Å². The second-order valence-electron chi connectivity index (χ2n) is 5.24. The number of nitrogens with one attached hydrogen (secondary N) is 2. The molecule has 2 rings (SSSR count). The first kappa shape index (κ1) is 13.7. The largest absolute Gasteiger partial charge is 0.350 e. The van der Waals surface area contributed by atoms with Gasteiger partial charge in [0.25, 0.3) is 5.91 Å². The molecule has 2 atom stereocenters. The first-order valence-corrected chi connectivity index (χ1v) is 6.70. The number of carbonyl (C=O) groups is 1. The molecule has 1 aliphatic carbocycles. The number of anilines is 1. The molecule has 104 valence electrons.